The van der Waals surface area contributed by atoms with Crippen molar-refractivity contribution in [2.24, 2.45) is 5.73 Å². The number of carbonyl (C=O) groups is 1. The fourth-order valence-corrected chi connectivity index (χ4v) is 4.04. The zero-order valence-corrected chi connectivity index (χ0v) is 15.0. The van der Waals surface area contributed by atoms with E-state index in [1.165, 1.54) is 0 Å². The minimum absolute atomic E-state index is 0.0302. The zero-order chi connectivity index (χ0) is 16.4. The molecular formula is C16H17BrN4OS. The SMILES string of the molecule is Cc1[nH]nc2cc(NC(=O)CC(CN)c3ccc(Br)s3)ccc12. The van der Waals surface area contributed by atoms with E-state index in [1.807, 2.05) is 37.3 Å². The lowest BCUT2D eigenvalue weighted by Crippen LogP contribution is -2.20. The molecule has 120 valence electrons. The molecule has 4 N–H and O–H groups in total. The van der Waals surface area contributed by atoms with Gasteiger partial charge in [-0.25, -0.2) is 0 Å². The number of aryl methyl sites for hydroxylation is 1. The van der Waals surface area contributed by atoms with Crippen LogP contribution in [0.1, 0.15) is 22.9 Å². The van der Waals surface area contributed by atoms with Gasteiger partial charge in [-0.2, -0.15) is 5.10 Å². The number of aromatic nitrogens is 2. The molecule has 7 heteroatoms. The second kappa shape index (κ2) is 6.82. The molecule has 2 aromatic heterocycles. The molecule has 0 fully saturated rings. The van der Waals surface area contributed by atoms with Crippen molar-refractivity contribution in [1.29, 1.82) is 0 Å². The molecule has 5 nitrogen and oxygen atoms in total. The minimum atomic E-state index is -0.0448. The molecule has 0 saturated heterocycles. The maximum absolute atomic E-state index is 12.3. The molecule has 0 aliphatic carbocycles. The molecule has 0 bridgehead atoms. The van der Waals surface area contributed by atoms with E-state index in [2.05, 4.69) is 31.4 Å². The van der Waals surface area contributed by atoms with Gasteiger partial charge in [-0.1, -0.05) is 0 Å². The van der Waals surface area contributed by atoms with Gasteiger partial charge in [0.1, 0.15) is 0 Å². The Morgan fingerprint density at radius 1 is 1.43 bits per heavy atom. The first-order chi connectivity index (χ1) is 11.1. The van der Waals surface area contributed by atoms with Crippen LogP contribution in [0.2, 0.25) is 0 Å². The first-order valence-electron chi connectivity index (χ1n) is 7.26. The van der Waals surface area contributed by atoms with E-state index in [1.54, 1.807) is 11.3 Å². The van der Waals surface area contributed by atoms with E-state index in [0.29, 0.717) is 13.0 Å². The lowest BCUT2D eigenvalue weighted by molar-refractivity contribution is -0.116. The molecule has 0 saturated carbocycles. The standard InChI is InChI=1S/C16H17BrN4OS/c1-9-12-3-2-11(7-13(12)21-20-9)19-16(22)6-10(8-18)14-4-5-15(17)23-14/h2-5,7,10H,6,8,18H2,1H3,(H,19,22)(H,20,21). The van der Waals surface area contributed by atoms with Gasteiger partial charge in [0.15, 0.2) is 0 Å². The van der Waals surface area contributed by atoms with E-state index in [0.717, 1.165) is 30.9 Å². The van der Waals surface area contributed by atoms with Gasteiger partial charge < -0.3 is 11.1 Å². The molecule has 0 aliphatic rings. The summed E-state index contributed by atoms with van der Waals surface area (Å²) < 4.78 is 1.05. The minimum Gasteiger partial charge on any atom is -0.330 e. The number of H-pyrrole nitrogens is 1. The predicted octanol–water partition coefficient (Wildman–Crippen LogP) is 3.77. The van der Waals surface area contributed by atoms with Crippen molar-refractivity contribution < 1.29 is 4.79 Å². The number of nitrogens with two attached hydrogens (primary N) is 1. The van der Waals surface area contributed by atoms with E-state index in [4.69, 9.17) is 5.73 Å². The number of anilines is 1. The number of hydrogen-bond donors (Lipinski definition) is 3. The van der Waals surface area contributed by atoms with Gasteiger partial charge in [0, 0.05) is 40.5 Å². The van der Waals surface area contributed by atoms with E-state index in [9.17, 15) is 4.79 Å². The number of thiophene rings is 1. The first-order valence-corrected chi connectivity index (χ1v) is 8.87. The zero-order valence-electron chi connectivity index (χ0n) is 12.6. The molecule has 1 atom stereocenters. The molecule has 1 amide bonds. The Balaban J connectivity index is 1.69. The highest BCUT2D eigenvalue weighted by atomic mass is 79.9. The van der Waals surface area contributed by atoms with Crippen LogP contribution in [0.3, 0.4) is 0 Å². The molecular weight excluding hydrogens is 376 g/mol. The summed E-state index contributed by atoms with van der Waals surface area (Å²) in [5.74, 6) is -0.0146. The van der Waals surface area contributed by atoms with Gasteiger partial charge in [0.2, 0.25) is 5.91 Å². The van der Waals surface area contributed by atoms with Crippen molar-refractivity contribution in [1.82, 2.24) is 10.2 Å². The Morgan fingerprint density at radius 2 is 2.26 bits per heavy atom. The molecule has 0 aliphatic heterocycles. The Labute approximate surface area is 146 Å². The number of nitrogens with one attached hydrogen (secondary N) is 2. The summed E-state index contributed by atoms with van der Waals surface area (Å²) in [6.07, 6.45) is 0.362. The number of halogens is 1. The van der Waals surface area contributed by atoms with Crippen LogP contribution >= 0.6 is 27.3 Å². The smallest absolute Gasteiger partial charge is 0.225 e. The molecule has 1 aromatic carbocycles. The van der Waals surface area contributed by atoms with E-state index < -0.39 is 0 Å². The normalized spacial score (nSPS) is 12.5. The highest BCUT2D eigenvalue weighted by molar-refractivity contribution is 9.11. The van der Waals surface area contributed by atoms with Gasteiger partial charge in [-0.15, -0.1) is 11.3 Å². The van der Waals surface area contributed by atoms with Crippen LogP contribution in [0.15, 0.2) is 34.1 Å². The molecule has 3 rings (SSSR count). The summed E-state index contributed by atoms with van der Waals surface area (Å²) >= 11 is 5.06. The van der Waals surface area contributed by atoms with Crippen molar-refractivity contribution in [2.45, 2.75) is 19.3 Å². The van der Waals surface area contributed by atoms with Gasteiger partial charge in [-0.3, -0.25) is 9.89 Å². The summed E-state index contributed by atoms with van der Waals surface area (Å²) in [6.45, 7) is 2.41. The summed E-state index contributed by atoms with van der Waals surface area (Å²) in [7, 11) is 0. The van der Waals surface area contributed by atoms with Crippen molar-refractivity contribution in [3.63, 3.8) is 0 Å². The third-order valence-corrected chi connectivity index (χ3v) is 5.53. The lowest BCUT2D eigenvalue weighted by Gasteiger charge is -2.13. The average Bonchev–Trinajstić information content (AvgIpc) is 3.11. The lowest BCUT2D eigenvalue weighted by atomic mass is 10.0. The number of amides is 1. The average molecular weight is 393 g/mol. The van der Waals surface area contributed by atoms with Crippen LogP contribution in [-0.4, -0.2) is 22.6 Å². The van der Waals surface area contributed by atoms with Crippen LogP contribution in [0.5, 0.6) is 0 Å². The van der Waals surface area contributed by atoms with Crippen LogP contribution in [0.4, 0.5) is 5.69 Å². The Hall–Kier alpha value is -1.70. The second-order valence-electron chi connectivity index (χ2n) is 5.41. The fourth-order valence-electron chi connectivity index (χ4n) is 2.51. The highest BCUT2D eigenvalue weighted by Crippen LogP contribution is 2.30. The number of benzene rings is 1. The molecule has 23 heavy (non-hydrogen) atoms. The fraction of sp³-hybridized carbons (Fsp3) is 0.250. The molecule has 3 aromatic rings. The molecule has 2 heterocycles. The monoisotopic (exact) mass is 392 g/mol. The number of rotatable bonds is 5. The van der Waals surface area contributed by atoms with Crippen LogP contribution in [-0.2, 0) is 4.79 Å². The maximum atomic E-state index is 12.3. The van der Waals surface area contributed by atoms with Crippen LogP contribution in [0.25, 0.3) is 10.9 Å². The molecule has 0 radical (unpaired) electrons. The summed E-state index contributed by atoms with van der Waals surface area (Å²) in [6, 6.07) is 9.71. The number of hydrogen-bond acceptors (Lipinski definition) is 4. The molecule has 0 spiro atoms. The van der Waals surface area contributed by atoms with Crippen molar-refractivity contribution in [3.05, 3.63) is 44.7 Å². The summed E-state index contributed by atoms with van der Waals surface area (Å²) in [4.78, 5) is 13.4. The third kappa shape index (κ3) is 3.63. The van der Waals surface area contributed by atoms with Crippen LogP contribution in [0, 0.1) is 6.92 Å². The van der Waals surface area contributed by atoms with Gasteiger partial charge >= 0.3 is 0 Å². The topological polar surface area (TPSA) is 83.8 Å². The van der Waals surface area contributed by atoms with Crippen molar-refractivity contribution in [2.75, 3.05) is 11.9 Å². The Kier molecular flexibility index (Phi) is 4.79. The first kappa shape index (κ1) is 16.2. The van der Waals surface area contributed by atoms with E-state index >= 15 is 0 Å². The summed E-state index contributed by atoms with van der Waals surface area (Å²) in [5.41, 5.74) is 8.44. The van der Waals surface area contributed by atoms with Crippen molar-refractivity contribution >= 4 is 49.8 Å². The Bertz CT molecular complexity index is 842. The number of fused-ring (bicyclic) bond motifs is 1. The maximum Gasteiger partial charge on any atom is 0.225 e. The predicted molar refractivity (Wildman–Crippen MR) is 97.9 cm³/mol. The van der Waals surface area contributed by atoms with Gasteiger partial charge in [0.25, 0.3) is 0 Å². The summed E-state index contributed by atoms with van der Waals surface area (Å²) in [5, 5.41) is 11.1. The quantitative estimate of drug-likeness (QED) is 0.617. The number of nitrogens with zero attached hydrogens (tertiary/aromatic N) is 1. The van der Waals surface area contributed by atoms with Crippen molar-refractivity contribution in [3.8, 4) is 0 Å². The van der Waals surface area contributed by atoms with E-state index in [-0.39, 0.29) is 11.8 Å². The second-order valence-corrected chi connectivity index (χ2v) is 7.90. The largest absolute Gasteiger partial charge is 0.330 e. The Morgan fingerprint density at radius 3 is 2.96 bits per heavy atom. The highest BCUT2D eigenvalue weighted by Gasteiger charge is 2.17. The van der Waals surface area contributed by atoms with Gasteiger partial charge in [-0.05, 0) is 53.2 Å². The van der Waals surface area contributed by atoms with Gasteiger partial charge in [0.05, 0.1) is 9.30 Å². The number of aromatic amines is 1. The number of carbonyl (C=O) groups excluding carboxylic acids is 1. The van der Waals surface area contributed by atoms with Crippen LogP contribution < -0.4 is 11.1 Å². The molecule has 1 unspecified atom stereocenters. The third-order valence-electron chi connectivity index (χ3n) is 3.74.